The summed E-state index contributed by atoms with van der Waals surface area (Å²) in [5.41, 5.74) is 1.08. The van der Waals surface area contributed by atoms with Crippen LogP contribution in [0.15, 0.2) is 43.0 Å². The molecule has 0 aliphatic carbocycles. The minimum absolute atomic E-state index is 0.0780. The van der Waals surface area contributed by atoms with E-state index in [4.69, 9.17) is 28.6 Å². The molecule has 2 aromatic heterocycles. The number of fused-ring (bicyclic) bond motifs is 1. The molecular weight excluding hydrogens is 531 g/mol. The van der Waals surface area contributed by atoms with Crippen molar-refractivity contribution < 1.29 is 37.9 Å². The highest BCUT2D eigenvalue weighted by molar-refractivity contribution is 7.57. The Bertz CT molecular complexity index is 1230. The summed E-state index contributed by atoms with van der Waals surface area (Å²) in [6, 6.07) is 7.77. The smallest absolute Gasteiger partial charge is 0.342 e. The van der Waals surface area contributed by atoms with Gasteiger partial charge in [-0.15, -0.1) is 0 Å². The van der Waals surface area contributed by atoms with Crippen LogP contribution in [0.1, 0.15) is 27.7 Å². The van der Waals surface area contributed by atoms with Crippen LogP contribution in [-0.2, 0) is 34.9 Å². The number of aliphatic hydroxyl groups is 1. The molecule has 0 saturated carbocycles. The Hall–Kier alpha value is -3.13. The molecule has 214 valence electrons. The van der Waals surface area contributed by atoms with Gasteiger partial charge in [-0.25, -0.2) is 20.0 Å². The Labute approximate surface area is 226 Å². The van der Waals surface area contributed by atoms with Crippen molar-refractivity contribution in [1.82, 2.24) is 24.6 Å². The van der Waals surface area contributed by atoms with Gasteiger partial charge in [0.05, 0.1) is 25.1 Å². The summed E-state index contributed by atoms with van der Waals surface area (Å²) in [4.78, 5) is 25.2. The van der Waals surface area contributed by atoms with Crippen LogP contribution < -0.4 is 14.9 Å². The van der Waals surface area contributed by atoms with Gasteiger partial charge in [-0.2, -0.15) is 0 Å². The first-order valence-electron chi connectivity index (χ1n) is 12.3. The second-order valence-electron chi connectivity index (χ2n) is 8.79. The minimum Gasteiger partial charge on any atom is -0.462 e. The summed E-state index contributed by atoms with van der Waals surface area (Å²) in [5.74, 6) is 0.289. The molecule has 1 aromatic carbocycles. The number of imidazole rings is 1. The third kappa shape index (κ3) is 9.53. The van der Waals surface area contributed by atoms with Gasteiger partial charge in [-0.05, 0) is 39.8 Å². The number of hydrogen-bond acceptors (Lipinski definition) is 12. The van der Waals surface area contributed by atoms with Gasteiger partial charge < -0.3 is 38.5 Å². The second-order valence-corrected chi connectivity index (χ2v) is 10.8. The summed E-state index contributed by atoms with van der Waals surface area (Å²) in [7, 11) is -3.69. The number of carbonyl (C=O) groups is 1. The fraction of sp³-hybridized carbons (Fsp3) is 0.500. The molecule has 3 rings (SSSR count). The van der Waals surface area contributed by atoms with Crippen LogP contribution >= 0.6 is 7.52 Å². The molecule has 15 heteroatoms. The van der Waals surface area contributed by atoms with Crippen LogP contribution in [-0.4, -0.2) is 75.5 Å². The van der Waals surface area contributed by atoms with Crippen LogP contribution in [0.3, 0.4) is 0 Å². The Kier molecular flexibility index (Phi) is 11.6. The van der Waals surface area contributed by atoms with Crippen molar-refractivity contribution in [2.24, 2.45) is 0 Å². The first kappa shape index (κ1) is 30.4. The van der Waals surface area contributed by atoms with E-state index in [9.17, 15) is 9.36 Å². The molecular formula is C24H35N6O8P. The van der Waals surface area contributed by atoms with E-state index in [1.165, 1.54) is 6.33 Å². The fourth-order valence-electron chi connectivity index (χ4n) is 3.38. The SMILES string of the molecule is CC(C)OC(=O)[C@H](C)NP(=O)(COC(C)Cn1cnc2c(NCOCOCO)ncnc21)Oc1ccccc1. The first-order chi connectivity index (χ1) is 18.7. The molecule has 0 radical (unpaired) electrons. The van der Waals surface area contributed by atoms with E-state index in [1.54, 1.807) is 55.9 Å². The van der Waals surface area contributed by atoms with E-state index in [0.29, 0.717) is 29.3 Å². The Morgan fingerprint density at radius 3 is 2.59 bits per heavy atom. The molecule has 0 fully saturated rings. The lowest BCUT2D eigenvalue weighted by atomic mass is 10.3. The maximum atomic E-state index is 13.8. The van der Waals surface area contributed by atoms with Crippen LogP contribution in [0, 0.1) is 0 Å². The number of esters is 1. The third-order valence-electron chi connectivity index (χ3n) is 5.08. The van der Waals surface area contributed by atoms with Gasteiger partial charge in [0.15, 0.2) is 18.3 Å². The van der Waals surface area contributed by atoms with E-state index in [1.807, 2.05) is 13.0 Å². The predicted octanol–water partition coefficient (Wildman–Crippen LogP) is 2.70. The molecule has 0 saturated heterocycles. The van der Waals surface area contributed by atoms with E-state index in [2.05, 4.69) is 25.4 Å². The number of nitrogens with zero attached hydrogens (tertiary/aromatic N) is 4. The van der Waals surface area contributed by atoms with E-state index in [-0.39, 0.29) is 26.0 Å². The zero-order valence-corrected chi connectivity index (χ0v) is 23.2. The number of rotatable bonds is 17. The number of carbonyl (C=O) groups excluding carboxylic acids is 1. The lowest BCUT2D eigenvalue weighted by Crippen LogP contribution is -2.37. The zero-order chi connectivity index (χ0) is 28.3. The number of benzene rings is 1. The number of ether oxygens (including phenoxy) is 4. The van der Waals surface area contributed by atoms with E-state index >= 15 is 0 Å². The summed E-state index contributed by atoms with van der Waals surface area (Å²) in [5, 5.41) is 14.4. The van der Waals surface area contributed by atoms with Crippen molar-refractivity contribution in [2.45, 2.75) is 52.5 Å². The van der Waals surface area contributed by atoms with Gasteiger partial charge in [0.1, 0.15) is 43.5 Å². The molecule has 39 heavy (non-hydrogen) atoms. The van der Waals surface area contributed by atoms with E-state index < -0.39 is 32.4 Å². The maximum Gasteiger partial charge on any atom is 0.342 e. The van der Waals surface area contributed by atoms with Gasteiger partial charge in [0.2, 0.25) is 0 Å². The van der Waals surface area contributed by atoms with Crippen molar-refractivity contribution in [3.63, 3.8) is 0 Å². The van der Waals surface area contributed by atoms with Crippen molar-refractivity contribution in [3.05, 3.63) is 43.0 Å². The molecule has 0 aliphatic rings. The lowest BCUT2D eigenvalue weighted by Gasteiger charge is -2.25. The quantitative estimate of drug-likeness (QED) is 0.0945. The number of aliphatic hydroxyl groups excluding tert-OH is 1. The number of para-hydroxylation sites is 1. The van der Waals surface area contributed by atoms with Gasteiger partial charge >= 0.3 is 13.5 Å². The maximum absolute atomic E-state index is 13.8. The summed E-state index contributed by atoms with van der Waals surface area (Å²) >= 11 is 0. The summed E-state index contributed by atoms with van der Waals surface area (Å²) in [6.07, 6.45) is 1.94. The highest BCUT2D eigenvalue weighted by Gasteiger charge is 2.32. The van der Waals surface area contributed by atoms with Crippen LogP contribution in [0.5, 0.6) is 5.75 Å². The van der Waals surface area contributed by atoms with Crippen LogP contribution in [0.4, 0.5) is 5.82 Å². The van der Waals surface area contributed by atoms with Gasteiger partial charge in [0, 0.05) is 0 Å². The van der Waals surface area contributed by atoms with Gasteiger partial charge in [0.25, 0.3) is 0 Å². The molecule has 3 N–H and O–H groups in total. The molecule has 0 aliphatic heterocycles. The summed E-state index contributed by atoms with van der Waals surface area (Å²) in [6.45, 7) is 6.76. The standard InChI is InChI=1S/C24H35N6O8P/c1-17(2)37-24(32)19(4)29-39(33,38-20-8-6-5-7-9-20)16-36-18(3)10-30-12-27-21-22(25-11-26-23(21)30)28-13-34-15-35-14-31/h5-9,11-12,17-19,31H,10,13-16H2,1-4H3,(H,29,33)(H,25,26,28)/t18?,19-,39?/m0/s1. The van der Waals surface area contributed by atoms with E-state index in [0.717, 1.165) is 0 Å². The van der Waals surface area contributed by atoms with Crippen molar-refractivity contribution in [3.8, 4) is 5.75 Å². The topological polar surface area (TPSA) is 168 Å². The summed E-state index contributed by atoms with van der Waals surface area (Å²) < 4.78 is 42.4. The number of anilines is 1. The highest BCUT2D eigenvalue weighted by Crippen LogP contribution is 2.44. The highest BCUT2D eigenvalue weighted by atomic mass is 31.2. The molecule has 14 nitrogen and oxygen atoms in total. The minimum atomic E-state index is -3.69. The Balaban J connectivity index is 1.65. The van der Waals surface area contributed by atoms with Crippen LogP contribution in [0.2, 0.25) is 0 Å². The molecule has 3 aromatic rings. The zero-order valence-electron chi connectivity index (χ0n) is 22.4. The lowest BCUT2D eigenvalue weighted by molar-refractivity contribution is -0.149. The molecule has 3 atom stereocenters. The molecule has 0 amide bonds. The predicted molar refractivity (Wildman–Crippen MR) is 142 cm³/mol. The second kappa shape index (κ2) is 14.9. The molecule has 0 spiro atoms. The number of nitrogens with one attached hydrogen (secondary N) is 2. The number of aromatic nitrogens is 4. The average molecular weight is 567 g/mol. The first-order valence-corrected chi connectivity index (χ1v) is 14.1. The monoisotopic (exact) mass is 566 g/mol. The Morgan fingerprint density at radius 1 is 1.10 bits per heavy atom. The molecule has 0 bridgehead atoms. The Morgan fingerprint density at radius 2 is 1.87 bits per heavy atom. The molecule has 2 heterocycles. The third-order valence-corrected chi connectivity index (χ3v) is 6.85. The molecule has 2 unspecified atom stereocenters. The fourth-order valence-corrected chi connectivity index (χ4v) is 5.17. The van der Waals surface area contributed by atoms with Crippen molar-refractivity contribution >= 4 is 30.5 Å². The number of hydrogen-bond donors (Lipinski definition) is 3. The van der Waals surface area contributed by atoms with Crippen molar-refractivity contribution in [1.29, 1.82) is 0 Å². The van der Waals surface area contributed by atoms with Crippen LogP contribution in [0.25, 0.3) is 11.2 Å². The van der Waals surface area contributed by atoms with Gasteiger partial charge in [-0.3, -0.25) is 9.36 Å². The van der Waals surface area contributed by atoms with Gasteiger partial charge in [-0.1, -0.05) is 18.2 Å². The average Bonchev–Trinajstić information content (AvgIpc) is 3.31. The largest absolute Gasteiger partial charge is 0.462 e. The van der Waals surface area contributed by atoms with Crippen molar-refractivity contribution in [2.75, 3.05) is 32.0 Å². The normalized spacial score (nSPS) is 14.6.